The molecule has 0 radical (unpaired) electrons. The number of hydroxylamine groups is 1. The van der Waals surface area contributed by atoms with Crippen molar-refractivity contribution < 1.29 is 32.9 Å². The van der Waals surface area contributed by atoms with Crippen LogP contribution in [0, 0.1) is 15.5 Å². The van der Waals surface area contributed by atoms with E-state index in [0.29, 0.717) is 35.1 Å². The smallest absolute Gasteiger partial charge is 0.293 e. The van der Waals surface area contributed by atoms with Crippen LogP contribution >= 0.6 is 11.6 Å². The number of nitro groups is 1. The van der Waals surface area contributed by atoms with Crippen molar-refractivity contribution in [3.63, 3.8) is 0 Å². The van der Waals surface area contributed by atoms with Gasteiger partial charge in [-0.15, -0.1) is 0 Å². The Kier molecular flexibility index (Phi) is 12.9. The fourth-order valence-corrected chi connectivity index (χ4v) is 9.34. The fourth-order valence-electron chi connectivity index (χ4n) is 8.23. The Morgan fingerprint density at radius 3 is 2.43 bits per heavy atom. The van der Waals surface area contributed by atoms with E-state index in [1.54, 1.807) is 42.0 Å². The summed E-state index contributed by atoms with van der Waals surface area (Å²) in [6.07, 6.45) is 6.39. The number of sulfonamides is 1. The molecule has 0 unspecified atom stereocenters. The first-order valence-corrected chi connectivity index (χ1v) is 22.8. The highest BCUT2D eigenvalue weighted by molar-refractivity contribution is 7.90. The molecule has 18 heteroatoms. The summed E-state index contributed by atoms with van der Waals surface area (Å²) in [7, 11) is -4.64. The molecule has 65 heavy (non-hydrogen) atoms. The van der Waals surface area contributed by atoms with Crippen molar-refractivity contribution in [1.29, 1.82) is 0 Å². The van der Waals surface area contributed by atoms with Crippen LogP contribution in [0.1, 0.15) is 65.0 Å². The minimum absolute atomic E-state index is 0.0235. The lowest BCUT2D eigenvalue weighted by Gasteiger charge is -2.39. The molecule has 1 aliphatic carbocycles. The summed E-state index contributed by atoms with van der Waals surface area (Å²) in [5, 5.41) is 25.4. The number of carbonyl (C=O) groups excluding carboxylic acids is 2. The van der Waals surface area contributed by atoms with Gasteiger partial charge in [-0.2, -0.15) is 0 Å². The van der Waals surface area contributed by atoms with E-state index in [1.165, 1.54) is 47.2 Å². The summed E-state index contributed by atoms with van der Waals surface area (Å²) >= 11 is 6.24. The molecule has 0 saturated carbocycles. The quantitative estimate of drug-likeness (QED) is 0.0395. The van der Waals surface area contributed by atoms with E-state index in [-0.39, 0.29) is 34.5 Å². The standard InChI is InChI=1S/C47H47ClN8O8S/c1-47(2)17-15-34(40(26-47)31-7-9-35(48)10-8-31)29-54-19-21-55(22-20-54)36-11-13-39(43(24-36)64-37-23-33-16-18-49-44(33)51-28-37)46(58)53-65(62,63)38-12-14-41(42(25-38)56(60)61)50-27-30-3-5-32(6-4-30)45(57)52-59/h3-14,16,18,23-25,28,50,59H,15,17,19-22,26-27,29H2,1-2H3,(H,49,51)(H,52,57)(H,53,58). The third-order valence-corrected chi connectivity index (χ3v) is 13.4. The third-order valence-electron chi connectivity index (χ3n) is 11.8. The van der Waals surface area contributed by atoms with Gasteiger partial charge in [0.2, 0.25) is 0 Å². The van der Waals surface area contributed by atoms with E-state index in [0.717, 1.165) is 62.1 Å². The van der Waals surface area contributed by atoms with Crippen molar-refractivity contribution in [2.45, 2.75) is 44.6 Å². The van der Waals surface area contributed by atoms with E-state index >= 15 is 0 Å². The summed E-state index contributed by atoms with van der Waals surface area (Å²) in [6.45, 7) is 8.59. The predicted octanol–water partition coefficient (Wildman–Crippen LogP) is 8.55. The van der Waals surface area contributed by atoms with Gasteiger partial charge in [-0.05, 0) is 102 Å². The lowest BCUT2D eigenvalue weighted by molar-refractivity contribution is -0.384. The second kappa shape index (κ2) is 18.7. The van der Waals surface area contributed by atoms with Crippen LogP contribution in [0.2, 0.25) is 5.02 Å². The first-order chi connectivity index (χ1) is 31.1. The Bertz CT molecular complexity index is 2910. The number of halogens is 1. The number of H-pyrrole nitrogens is 1. The highest BCUT2D eigenvalue weighted by Gasteiger charge is 2.30. The molecule has 2 aliphatic rings. The number of nitrogens with zero attached hydrogens (tertiary/aromatic N) is 4. The van der Waals surface area contributed by atoms with Crippen LogP contribution in [-0.2, 0) is 16.6 Å². The number of anilines is 2. The lowest BCUT2D eigenvalue weighted by atomic mass is 9.72. The number of nitro benzene ring substituents is 1. The van der Waals surface area contributed by atoms with Gasteiger partial charge < -0.3 is 19.9 Å². The second-order valence-electron chi connectivity index (χ2n) is 16.9. The average molecular weight is 919 g/mol. The Morgan fingerprint density at radius 2 is 1.71 bits per heavy atom. The summed E-state index contributed by atoms with van der Waals surface area (Å²) in [4.78, 5) is 48.6. The van der Waals surface area contributed by atoms with Crippen LogP contribution in [0.25, 0.3) is 16.6 Å². The number of aromatic amines is 1. The molecule has 0 bridgehead atoms. The Labute approximate surface area is 380 Å². The normalized spacial score (nSPS) is 15.4. The number of fused-ring (bicyclic) bond motifs is 1. The zero-order valence-electron chi connectivity index (χ0n) is 35.6. The number of ether oxygens (including phenoxy) is 1. The van der Waals surface area contributed by atoms with Crippen LogP contribution < -0.4 is 25.2 Å². The maximum absolute atomic E-state index is 13.9. The Morgan fingerprint density at radius 1 is 0.954 bits per heavy atom. The number of carbonyl (C=O) groups is 2. The van der Waals surface area contributed by atoms with Gasteiger partial charge >= 0.3 is 0 Å². The second-order valence-corrected chi connectivity index (χ2v) is 19.0. The van der Waals surface area contributed by atoms with Crippen molar-refractivity contribution in [3.8, 4) is 11.5 Å². The zero-order chi connectivity index (χ0) is 45.9. The Hall–Kier alpha value is -6.79. The summed E-state index contributed by atoms with van der Waals surface area (Å²) in [5.41, 5.74) is 7.48. The average Bonchev–Trinajstić information content (AvgIpc) is 3.77. The van der Waals surface area contributed by atoms with Crippen molar-refractivity contribution >= 4 is 67.1 Å². The van der Waals surface area contributed by atoms with Gasteiger partial charge in [0.1, 0.15) is 22.8 Å². The first-order valence-electron chi connectivity index (χ1n) is 21.0. The van der Waals surface area contributed by atoms with Crippen molar-refractivity contribution in [2.75, 3.05) is 42.9 Å². The van der Waals surface area contributed by atoms with Crippen molar-refractivity contribution in [2.24, 2.45) is 5.41 Å². The molecular formula is C47H47ClN8O8S. The number of amides is 2. The van der Waals surface area contributed by atoms with Gasteiger partial charge in [-0.3, -0.25) is 29.8 Å². The minimum atomic E-state index is -4.64. The maximum Gasteiger partial charge on any atom is 0.293 e. The zero-order valence-corrected chi connectivity index (χ0v) is 37.2. The largest absolute Gasteiger partial charge is 0.455 e. The molecule has 0 atom stereocenters. The summed E-state index contributed by atoms with van der Waals surface area (Å²) in [5.74, 6) is -1.29. The highest BCUT2D eigenvalue weighted by Crippen LogP contribution is 2.43. The van der Waals surface area contributed by atoms with E-state index in [9.17, 15) is 28.1 Å². The number of rotatable bonds is 14. The number of nitrogens with one attached hydrogen (secondary N) is 4. The molecule has 1 aliphatic heterocycles. The number of hydrogen-bond acceptors (Lipinski definition) is 12. The first kappa shape index (κ1) is 44.8. The molecule has 1 saturated heterocycles. The molecule has 5 N–H and O–H groups in total. The summed E-state index contributed by atoms with van der Waals surface area (Å²) < 4.78 is 35.8. The van der Waals surface area contributed by atoms with Gasteiger partial charge in [0, 0.05) is 79.3 Å². The molecule has 4 aromatic carbocycles. The maximum atomic E-state index is 13.9. The number of allylic oxidation sites excluding steroid dienone is 1. The van der Waals surface area contributed by atoms with Crippen LogP contribution in [-0.4, -0.2) is 78.0 Å². The van der Waals surface area contributed by atoms with E-state index in [2.05, 4.69) is 55.8 Å². The monoisotopic (exact) mass is 918 g/mol. The van der Waals surface area contributed by atoms with Gasteiger partial charge in [0.25, 0.3) is 27.5 Å². The predicted molar refractivity (Wildman–Crippen MR) is 248 cm³/mol. The van der Waals surface area contributed by atoms with Crippen LogP contribution in [0.15, 0.2) is 120 Å². The van der Waals surface area contributed by atoms with Crippen molar-refractivity contribution in [3.05, 3.63) is 152 Å². The molecule has 2 aromatic heterocycles. The minimum Gasteiger partial charge on any atom is -0.455 e. The third kappa shape index (κ3) is 10.4. The molecule has 6 aromatic rings. The van der Waals surface area contributed by atoms with E-state index < -0.39 is 37.3 Å². The highest BCUT2D eigenvalue weighted by atomic mass is 35.5. The summed E-state index contributed by atoms with van der Waals surface area (Å²) in [6, 6.07) is 26.1. The van der Waals surface area contributed by atoms with Crippen molar-refractivity contribution in [1.82, 2.24) is 25.1 Å². The Balaban J connectivity index is 0.997. The van der Waals surface area contributed by atoms with Gasteiger partial charge in [-0.1, -0.05) is 55.3 Å². The molecule has 3 heterocycles. The molecule has 8 rings (SSSR count). The molecule has 1 fully saturated rings. The molecule has 336 valence electrons. The SMILES string of the molecule is CC1(C)CCC(CN2CCN(c3ccc(C(=O)NS(=O)(=O)c4ccc(NCc5ccc(C(=O)NO)cc5)c([N+](=O)[O-])c4)c(Oc4cnc5[nH]ccc5c4)c3)CC2)=C(c2ccc(Cl)cc2)C1. The number of hydrogen-bond donors (Lipinski definition) is 5. The number of benzene rings is 4. The fraction of sp³-hybridized carbons (Fsp3) is 0.255. The van der Waals surface area contributed by atoms with Gasteiger partial charge in [0.05, 0.1) is 21.6 Å². The van der Waals surface area contributed by atoms with Crippen LogP contribution in [0.4, 0.5) is 17.1 Å². The number of piperazine rings is 1. The molecule has 0 spiro atoms. The van der Waals surface area contributed by atoms with Gasteiger partial charge in [0.15, 0.2) is 0 Å². The molecule has 16 nitrogen and oxygen atoms in total. The number of pyridine rings is 1. The molecule has 2 amide bonds. The van der Waals surface area contributed by atoms with Crippen LogP contribution in [0.3, 0.4) is 0 Å². The van der Waals surface area contributed by atoms with Crippen LogP contribution in [0.5, 0.6) is 11.5 Å². The number of aromatic nitrogens is 2. The topological polar surface area (TPSA) is 212 Å². The van der Waals surface area contributed by atoms with Gasteiger partial charge in [-0.25, -0.2) is 23.6 Å². The lowest BCUT2D eigenvalue weighted by Crippen LogP contribution is -2.47. The van der Waals surface area contributed by atoms with E-state index in [4.69, 9.17) is 21.5 Å². The molecular weight excluding hydrogens is 872 g/mol. The van der Waals surface area contributed by atoms with E-state index in [1.807, 2.05) is 18.2 Å².